The number of hydrogen-bond donors (Lipinski definition) is 1. The molecule has 0 bridgehead atoms. The molecular weight excluding hydrogens is 372 g/mol. The Morgan fingerprint density at radius 1 is 1.18 bits per heavy atom. The zero-order chi connectivity index (χ0) is 20.0. The highest BCUT2D eigenvalue weighted by Crippen LogP contribution is 2.38. The normalized spacial score (nSPS) is 15.6. The van der Waals surface area contributed by atoms with Crippen molar-refractivity contribution in [3.05, 3.63) is 63.0 Å². The van der Waals surface area contributed by atoms with Gasteiger partial charge in [-0.15, -0.1) is 21.5 Å². The molecule has 144 valence electrons. The van der Waals surface area contributed by atoms with Gasteiger partial charge in [-0.2, -0.15) is 0 Å². The Labute approximate surface area is 167 Å². The number of carboxylic acid groups (broad SMARTS) is 1. The Bertz CT molecular complexity index is 1090. The number of aryl methyl sites for hydroxylation is 3. The van der Waals surface area contributed by atoms with Crippen LogP contribution in [0.15, 0.2) is 29.3 Å². The van der Waals surface area contributed by atoms with Crippen molar-refractivity contribution in [2.75, 3.05) is 0 Å². The first-order chi connectivity index (χ1) is 13.4. The van der Waals surface area contributed by atoms with Gasteiger partial charge in [0.25, 0.3) is 0 Å². The standard InChI is InChI=1S/C21H22N4O2S/c1-11-13(3)28-21-18(11)19(22-12(2)20-24-23-14(4)25(20)21)16-8-5-15(6-9-16)7-10-17(26)27/h5-6,8-9,12H,7,10H2,1-4H3,(H,26,27)/t12-/m0/s1. The molecule has 2 aromatic heterocycles. The van der Waals surface area contributed by atoms with Gasteiger partial charge in [0.1, 0.15) is 16.9 Å². The largest absolute Gasteiger partial charge is 0.481 e. The highest BCUT2D eigenvalue weighted by molar-refractivity contribution is 7.15. The lowest BCUT2D eigenvalue weighted by Crippen LogP contribution is -2.07. The van der Waals surface area contributed by atoms with Crippen molar-refractivity contribution < 1.29 is 9.90 Å². The number of rotatable bonds is 4. The van der Waals surface area contributed by atoms with Crippen LogP contribution in [0.3, 0.4) is 0 Å². The lowest BCUT2D eigenvalue weighted by atomic mass is 9.98. The van der Waals surface area contributed by atoms with Crippen LogP contribution >= 0.6 is 11.3 Å². The summed E-state index contributed by atoms with van der Waals surface area (Å²) in [7, 11) is 0. The van der Waals surface area contributed by atoms with Crippen LogP contribution in [0.5, 0.6) is 0 Å². The average molecular weight is 395 g/mol. The van der Waals surface area contributed by atoms with E-state index in [0.29, 0.717) is 6.42 Å². The number of nitrogens with zero attached hydrogens (tertiary/aromatic N) is 4. The monoisotopic (exact) mass is 394 g/mol. The highest BCUT2D eigenvalue weighted by Gasteiger charge is 2.29. The summed E-state index contributed by atoms with van der Waals surface area (Å²) in [4.78, 5) is 17.1. The average Bonchev–Trinajstić information content (AvgIpc) is 3.14. The van der Waals surface area contributed by atoms with E-state index < -0.39 is 5.97 Å². The molecule has 0 radical (unpaired) electrons. The van der Waals surface area contributed by atoms with Crippen molar-refractivity contribution in [2.24, 2.45) is 4.99 Å². The summed E-state index contributed by atoms with van der Waals surface area (Å²) in [6.45, 7) is 8.28. The van der Waals surface area contributed by atoms with Crippen LogP contribution in [0, 0.1) is 20.8 Å². The maximum absolute atomic E-state index is 10.8. The van der Waals surface area contributed by atoms with Gasteiger partial charge in [-0.1, -0.05) is 24.3 Å². The van der Waals surface area contributed by atoms with Crippen LogP contribution in [0.4, 0.5) is 0 Å². The van der Waals surface area contributed by atoms with Gasteiger partial charge in [-0.25, -0.2) is 0 Å². The molecule has 1 aromatic carbocycles. The smallest absolute Gasteiger partial charge is 0.303 e. The summed E-state index contributed by atoms with van der Waals surface area (Å²) in [6, 6.07) is 7.96. The lowest BCUT2D eigenvalue weighted by molar-refractivity contribution is -0.136. The van der Waals surface area contributed by atoms with Gasteiger partial charge in [-0.05, 0) is 45.2 Å². The maximum Gasteiger partial charge on any atom is 0.303 e. The SMILES string of the molecule is Cc1sc2c(c1C)C(c1ccc(CCC(=O)O)cc1)=N[C@@H](C)c1nnc(C)n1-2. The molecule has 0 spiro atoms. The Hall–Kier alpha value is -2.80. The summed E-state index contributed by atoms with van der Waals surface area (Å²) in [6.07, 6.45) is 0.665. The van der Waals surface area contributed by atoms with Crippen LogP contribution < -0.4 is 0 Å². The van der Waals surface area contributed by atoms with Gasteiger partial charge in [0.05, 0.1) is 5.71 Å². The Morgan fingerprint density at radius 2 is 1.89 bits per heavy atom. The van der Waals surface area contributed by atoms with E-state index in [1.807, 2.05) is 38.1 Å². The molecule has 1 N–H and O–H groups in total. The second kappa shape index (κ2) is 6.98. The van der Waals surface area contributed by atoms with Crippen molar-refractivity contribution in [3.63, 3.8) is 0 Å². The fourth-order valence-corrected chi connectivity index (χ4v) is 4.77. The molecule has 6 nitrogen and oxygen atoms in total. The van der Waals surface area contributed by atoms with Crippen molar-refractivity contribution in [1.82, 2.24) is 14.8 Å². The number of aromatic nitrogens is 3. The van der Waals surface area contributed by atoms with E-state index in [1.165, 1.54) is 10.4 Å². The first kappa shape index (κ1) is 18.6. The van der Waals surface area contributed by atoms with E-state index >= 15 is 0 Å². The van der Waals surface area contributed by atoms with Gasteiger partial charge in [0.15, 0.2) is 5.82 Å². The predicted molar refractivity (Wildman–Crippen MR) is 110 cm³/mol. The zero-order valence-electron chi connectivity index (χ0n) is 16.4. The predicted octanol–water partition coefficient (Wildman–Crippen LogP) is 4.18. The topological polar surface area (TPSA) is 80.4 Å². The van der Waals surface area contributed by atoms with Gasteiger partial charge >= 0.3 is 5.97 Å². The molecule has 4 rings (SSSR count). The van der Waals surface area contributed by atoms with E-state index in [-0.39, 0.29) is 12.5 Å². The third-order valence-corrected chi connectivity index (χ3v) is 6.40. The lowest BCUT2D eigenvalue weighted by Gasteiger charge is -2.10. The third kappa shape index (κ3) is 3.05. The van der Waals surface area contributed by atoms with Gasteiger partial charge < -0.3 is 5.11 Å². The van der Waals surface area contributed by atoms with Crippen molar-refractivity contribution in [2.45, 2.75) is 46.6 Å². The van der Waals surface area contributed by atoms with Crippen LogP contribution in [0.25, 0.3) is 5.00 Å². The van der Waals surface area contributed by atoms with Crippen molar-refractivity contribution >= 4 is 23.0 Å². The molecule has 0 saturated heterocycles. The molecule has 0 fully saturated rings. The minimum Gasteiger partial charge on any atom is -0.481 e. The molecule has 3 aromatic rings. The molecule has 3 heterocycles. The fraction of sp³-hybridized carbons (Fsp3) is 0.333. The van der Waals surface area contributed by atoms with Crippen LogP contribution in [0.1, 0.15) is 58.2 Å². The van der Waals surface area contributed by atoms with Crippen LogP contribution in [-0.2, 0) is 11.2 Å². The van der Waals surface area contributed by atoms with Crippen molar-refractivity contribution in [3.8, 4) is 5.00 Å². The second-order valence-corrected chi connectivity index (χ2v) is 8.35. The minimum absolute atomic E-state index is 0.109. The van der Waals surface area contributed by atoms with Crippen LogP contribution in [0.2, 0.25) is 0 Å². The fourth-order valence-electron chi connectivity index (χ4n) is 3.56. The van der Waals surface area contributed by atoms with Crippen molar-refractivity contribution in [1.29, 1.82) is 0 Å². The molecule has 28 heavy (non-hydrogen) atoms. The molecule has 0 saturated carbocycles. The summed E-state index contributed by atoms with van der Waals surface area (Å²) in [5.74, 6) is 0.941. The number of carbonyl (C=O) groups is 1. The van der Waals surface area contributed by atoms with Crippen LogP contribution in [-0.4, -0.2) is 31.6 Å². The Morgan fingerprint density at radius 3 is 2.57 bits per heavy atom. The number of hydrogen-bond acceptors (Lipinski definition) is 5. The maximum atomic E-state index is 10.8. The molecule has 0 unspecified atom stereocenters. The van der Waals surface area contributed by atoms with E-state index in [1.54, 1.807) is 11.3 Å². The number of fused-ring (bicyclic) bond motifs is 3. The number of aliphatic carboxylic acids is 1. The van der Waals surface area contributed by atoms with E-state index in [4.69, 9.17) is 10.1 Å². The molecule has 1 aliphatic heterocycles. The summed E-state index contributed by atoms with van der Waals surface area (Å²) < 4.78 is 2.13. The summed E-state index contributed by atoms with van der Waals surface area (Å²) in [5, 5.41) is 18.7. The van der Waals surface area contributed by atoms with E-state index in [2.05, 4.69) is 28.6 Å². The Kier molecular flexibility index (Phi) is 4.63. The molecule has 7 heteroatoms. The number of thiophene rings is 1. The number of benzene rings is 1. The third-order valence-electron chi connectivity index (χ3n) is 5.21. The van der Waals surface area contributed by atoms with E-state index in [0.717, 1.165) is 39.1 Å². The van der Waals surface area contributed by atoms with Gasteiger partial charge in [0, 0.05) is 22.4 Å². The molecule has 0 aliphatic carbocycles. The number of aliphatic imine (C=N–C) groups is 1. The summed E-state index contributed by atoms with van der Waals surface area (Å²) >= 11 is 1.74. The zero-order valence-corrected chi connectivity index (χ0v) is 17.2. The minimum atomic E-state index is -0.779. The van der Waals surface area contributed by atoms with E-state index in [9.17, 15) is 4.79 Å². The number of carboxylic acids is 1. The quantitative estimate of drug-likeness (QED) is 0.720. The first-order valence-corrected chi connectivity index (χ1v) is 10.1. The molecule has 1 atom stereocenters. The molecule has 0 amide bonds. The molecule has 1 aliphatic rings. The highest BCUT2D eigenvalue weighted by atomic mass is 32.1. The first-order valence-electron chi connectivity index (χ1n) is 9.28. The molecular formula is C21H22N4O2S. The Balaban J connectivity index is 1.83. The second-order valence-electron chi connectivity index (χ2n) is 7.15. The summed E-state index contributed by atoms with van der Waals surface area (Å²) in [5.41, 5.74) is 5.36. The van der Waals surface area contributed by atoms with Gasteiger partial charge in [-0.3, -0.25) is 14.4 Å². The van der Waals surface area contributed by atoms with Gasteiger partial charge in [0.2, 0.25) is 0 Å².